The van der Waals surface area contributed by atoms with Crippen molar-refractivity contribution >= 4 is 49.4 Å². The molecule has 0 spiro atoms. The molecule has 0 unspecified atom stereocenters. The molecule has 34 heavy (non-hydrogen) atoms. The van der Waals surface area contributed by atoms with E-state index in [1.54, 1.807) is 24.5 Å². The smallest absolute Gasteiger partial charge is 0.226 e. The molecule has 1 N–H and O–H groups in total. The molecule has 1 aliphatic carbocycles. The third-order valence-corrected chi connectivity index (χ3v) is 8.96. The van der Waals surface area contributed by atoms with Crippen LogP contribution < -0.4 is 4.73 Å². The Morgan fingerprint density at radius 2 is 1.88 bits per heavy atom. The van der Waals surface area contributed by atoms with Crippen LogP contribution in [0.25, 0.3) is 0 Å². The van der Waals surface area contributed by atoms with Gasteiger partial charge in [0.15, 0.2) is 0 Å². The highest BCUT2D eigenvalue weighted by molar-refractivity contribution is 9.10. The van der Waals surface area contributed by atoms with Crippen LogP contribution in [0, 0.1) is 5.92 Å². The normalized spacial score (nSPS) is 18.2. The van der Waals surface area contributed by atoms with Gasteiger partial charge in [-0.3, -0.25) is 15.0 Å². The molecule has 0 bridgehead atoms. The Morgan fingerprint density at radius 1 is 1.15 bits per heavy atom. The molecule has 1 aromatic carbocycles. The first-order chi connectivity index (χ1) is 16.4. The van der Waals surface area contributed by atoms with Gasteiger partial charge in [-0.05, 0) is 97.8 Å². The van der Waals surface area contributed by atoms with E-state index < -0.39 is 0 Å². The lowest BCUT2D eigenvalue weighted by Crippen LogP contribution is -2.41. The number of fused-ring (bicyclic) bond motifs is 2. The summed E-state index contributed by atoms with van der Waals surface area (Å²) in [5, 5.41) is 10.1. The van der Waals surface area contributed by atoms with Gasteiger partial charge >= 0.3 is 0 Å². The van der Waals surface area contributed by atoms with Crippen LogP contribution in [-0.2, 0) is 24.1 Å². The van der Waals surface area contributed by atoms with Crippen LogP contribution in [0.5, 0.6) is 0 Å². The third-order valence-electron chi connectivity index (χ3n) is 7.08. The second kappa shape index (κ2) is 9.96. The first-order valence-electron chi connectivity index (χ1n) is 11.5. The number of rotatable bonds is 3. The van der Waals surface area contributed by atoms with Crippen LogP contribution in [0.15, 0.2) is 57.9 Å². The molecular weight excluding hydrogens is 582 g/mol. The zero-order valence-corrected chi connectivity index (χ0v) is 22.5. The zero-order valence-electron chi connectivity index (χ0n) is 18.6. The Kier molecular flexibility index (Phi) is 6.96. The summed E-state index contributed by atoms with van der Waals surface area (Å²) in [4.78, 5) is 19.8. The van der Waals surface area contributed by atoms with E-state index in [-0.39, 0.29) is 11.8 Å². The number of aryl methyl sites for hydroxylation is 1. The summed E-state index contributed by atoms with van der Waals surface area (Å²) in [6.07, 6.45) is 9.04. The average molecular weight is 607 g/mol. The van der Waals surface area contributed by atoms with Gasteiger partial charge in [0.1, 0.15) is 0 Å². The van der Waals surface area contributed by atoms with Crippen LogP contribution in [-0.4, -0.2) is 34.1 Å². The predicted octanol–water partition coefficient (Wildman–Crippen LogP) is 5.50. The van der Waals surface area contributed by atoms with E-state index in [4.69, 9.17) is 16.6 Å². The van der Waals surface area contributed by atoms with E-state index in [1.165, 1.54) is 16.7 Å². The highest BCUT2D eigenvalue weighted by Gasteiger charge is 2.35. The number of piperidine rings is 1. The molecule has 5 rings (SSSR count). The fourth-order valence-corrected chi connectivity index (χ4v) is 6.46. The minimum absolute atomic E-state index is 0.132. The number of nitrogens with zero attached hydrogens (tertiary/aromatic N) is 3. The van der Waals surface area contributed by atoms with E-state index in [0.29, 0.717) is 12.3 Å². The van der Waals surface area contributed by atoms with Gasteiger partial charge in [0.25, 0.3) is 0 Å². The molecular formula is C26H25Br2ClN3O2+. The van der Waals surface area contributed by atoms with Crippen molar-refractivity contribution in [1.82, 2.24) is 9.88 Å². The van der Waals surface area contributed by atoms with Crippen molar-refractivity contribution in [3.8, 4) is 0 Å². The molecule has 8 heteroatoms. The number of hydrogen-bond donors (Lipinski definition) is 1. The number of halogens is 3. The van der Waals surface area contributed by atoms with Crippen LogP contribution >= 0.6 is 43.5 Å². The number of benzene rings is 1. The standard InChI is InChI=1S/C26H25Br2ClN3O2/c27-19-14-18-1-2-21-20(3-4-22(29)25(21)28)24(26(18)30-15-19)17-7-9-31(10-8-17)23(33)13-16-5-11-32(34)12-6-16/h3-6,11-12,14-15,17,24,34H,1-2,7-10,13H2/q+1/t24-/m1/s1. The van der Waals surface area contributed by atoms with Crippen molar-refractivity contribution in [3.63, 3.8) is 0 Å². The highest BCUT2D eigenvalue weighted by Crippen LogP contribution is 2.45. The largest absolute Gasteiger partial charge is 0.342 e. The lowest BCUT2D eigenvalue weighted by molar-refractivity contribution is -0.904. The summed E-state index contributed by atoms with van der Waals surface area (Å²) in [5.74, 6) is 0.708. The van der Waals surface area contributed by atoms with Gasteiger partial charge in [-0.2, -0.15) is 0 Å². The van der Waals surface area contributed by atoms with Crippen molar-refractivity contribution in [2.24, 2.45) is 5.92 Å². The van der Waals surface area contributed by atoms with Crippen molar-refractivity contribution in [3.05, 3.63) is 90.8 Å². The molecule has 1 saturated heterocycles. The summed E-state index contributed by atoms with van der Waals surface area (Å²) in [6.45, 7) is 1.48. The number of carbonyl (C=O) groups excluding carboxylic acids is 1. The molecule has 3 aromatic rings. The van der Waals surface area contributed by atoms with Gasteiger partial charge in [0, 0.05) is 51.0 Å². The first kappa shape index (κ1) is 23.8. The van der Waals surface area contributed by atoms with Crippen molar-refractivity contribution in [2.45, 2.75) is 38.0 Å². The Balaban J connectivity index is 1.39. The molecule has 2 aliphatic rings. The van der Waals surface area contributed by atoms with Crippen LogP contribution in [0.3, 0.4) is 0 Å². The summed E-state index contributed by atoms with van der Waals surface area (Å²) in [7, 11) is 0. The molecule has 176 valence electrons. The fraction of sp³-hybridized carbons (Fsp3) is 0.346. The molecule has 2 aromatic heterocycles. The van der Waals surface area contributed by atoms with E-state index in [0.717, 1.165) is 68.7 Å². The van der Waals surface area contributed by atoms with Crippen molar-refractivity contribution in [1.29, 1.82) is 0 Å². The summed E-state index contributed by atoms with van der Waals surface area (Å²) in [5.41, 5.74) is 5.91. The summed E-state index contributed by atoms with van der Waals surface area (Å²) < 4.78 is 2.98. The molecule has 1 aliphatic heterocycles. The highest BCUT2D eigenvalue weighted by atomic mass is 79.9. The SMILES string of the molecule is O=C(Cc1cc[n+](O)cc1)N1CCC([C@@H]2c3ccc(Cl)c(Br)c3CCc3cc(Br)cnc32)CC1. The van der Waals surface area contributed by atoms with Gasteiger partial charge < -0.3 is 4.90 Å². The van der Waals surface area contributed by atoms with Gasteiger partial charge in [0.05, 0.1) is 17.1 Å². The van der Waals surface area contributed by atoms with E-state index >= 15 is 0 Å². The third kappa shape index (κ3) is 4.75. The fourth-order valence-electron chi connectivity index (χ4n) is 5.35. The number of likely N-dealkylation sites (tertiary alicyclic amines) is 1. The number of carbonyl (C=O) groups is 1. The van der Waals surface area contributed by atoms with Gasteiger partial charge in [-0.25, -0.2) is 0 Å². The Hall–Kier alpha value is -1.96. The Labute approximate surface area is 221 Å². The molecule has 1 amide bonds. The Bertz CT molecular complexity index is 1230. The molecule has 1 fully saturated rings. The minimum atomic E-state index is 0.132. The van der Waals surface area contributed by atoms with Crippen LogP contribution in [0.4, 0.5) is 0 Å². The quantitative estimate of drug-likeness (QED) is 0.317. The molecule has 0 saturated carbocycles. The second-order valence-electron chi connectivity index (χ2n) is 9.09. The van der Waals surface area contributed by atoms with Crippen molar-refractivity contribution < 1.29 is 14.7 Å². The topological polar surface area (TPSA) is 57.3 Å². The van der Waals surface area contributed by atoms with Crippen LogP contribution in [0.2, 0.25) is 5.02 Å². The zero-order chi connectivity index (χ0) is 23.8. The second-order valence-corrected chi connectivity index (χ2v) is 11.2. The molecule has 3 heterocycles. The molecule has 5 nitrogen and oxygen atoms in total. The van der Waals surface area contributed by atoms with Gasteiger partial charge in [-0.15, -0.1) is 0 Å². The lowest BCUT2D eigenvalue weighted by atomic mass is 9.76. The Morgan fingerprint density at radius 3 is 2.62 bits per heavy atom. The maximum absolute atomic E-state index is 12.9. The van der Waals surface area contributed by atoms with E-state index in [2.05, 4.69) is 44.0 Å². The molecule has 1 atom stereocenters. The number of pyridine rings is 2. The van der Waals surface area contributed by atoms with Gasteiger partial charge in [-0.1, -0.05) is 17.7 Å². The number of aromatic nitrogens is 2. The summed E-state index contributed by atoms with van der Waals surface area (Å²) >= 11 is 13.8. The van der Waals surface area contributed by atoms with E-state index in [9.17, 15) is 10.0 Å². The number of hydrogen-bond acceptors (Lipinski definition) is 3. The summed E-state index contributed by atoms with van der Waals surface area (Å²) in [6, 6.07) is 9.90. The number of amides is 1. The minimum Gasteiger partial charge on any atom is -0.342 e. The lowest BCUT2D eigenvalue weighted by Gasteiger charge is -2.37. The van der Waals surface area contributed by atoms with Gasteiger partial charge in [0.2, 0.25) is 18.3 Å². The van der Waals surface area contributed by atoms with Crippen molar-refractivity contribution in [2.75, 3.05) is 13.1 Å². The molecule has 0 radical (unpaired) electrons. The first-order valence-corrected chi connectivity index (χ1v) is 13.5. The van der Waals surface area contributed by atoms with E-state index in [1.807, 2.05) is 17.2 Å². The van der Waals surface area contributed by atoms with Crippen LogP contribution in [0.1, 0.15) is 46.7 Å². The maximum Gasteiger partial charge on any atom is 0.226 e. The predicted molar refractivity (Wildman–Crippen MR) is 137 cm³/mol. The maximum atomic E-state index is 12.9. The monoisotopic (exact) mass is 604 g/mol. The average Bonchev–Trinajstić information content (AvgIpc) is 3.00.